The lowest BCUT2D eigenvalue weighted by molar-refractivity contribution is 0.0884. The van der Waals surface area contributed by atoms with E-state index in [9.17, 15) is 9.59 Å². The Kier molecular flexibility index (Phi) is 5.68. The van der Waals surface area contributed by atoms with Crippen molar-refractivity contribution in [2.45, 2.75) is 0 Å². The number of nitrogens with one attached hydrogen (secondary N) is 1. The summed E-state index contributed by atoms with van der Waals surface area (Å²) < 4.78 is 0. The SMILES string of the molecule is O=C(CN1CCN(C(=O)Nc2cccc(Cl)c2)CC1)c1ccccc1. The second-order valence-corrected chi connectivity index (χ2v) is 6.43. The molecule has 0 bridgehead atoms. The first kappa shape index (κ1) is 17.5. The third kappa shape index (κ3) is 4.81. The van der Waals surface area contributed by atoms with Crippen LogP contribution in [0.15, 0.2) is 54.6 Å². The highest BCUT2D eigenvalue weighted by molar-refractivity contribution is 6.30. The Morgan fingerprint density at radius 2 is 1.68 bits per heavy atom. The van der Waals surface area contributed by atoms with Crippen LogP contribution in [0.2, 0.25) is 5.02 Å². The fourth-order valence-electron chi connectivity index (χ4n) is 2.80. The van der Waals surface area contributed by atoms with Gasteiger partial charge in [0.05, 0.1) is 6.54 Å². The molecule has 0 aliphatic carbocycles. The van der Waals surface area contributed by atoms with Crippen LogP contribution in [0.3, 0.4) is 0 Å². The zero-order valence-electron chi connectivity index (χ0n) is 13.8. The molecule has 2 amide bonds. The van der Waals surface area contributed by atoms with Gasteiger partial charge in [0.1, 0.15) is 0 Å². The van der Waals surface area contributed by atoms with Crippen molar-refractivity contribution in [2.75, 3.05) is 38.0 Å². The van der Waals surface area contributed by atoms with E-state index < -0.39 is 0 Å². The van der Waals surface area contributed by atoms with E-state index in [0.717, 1.165) is 5.56 Å². The molecule has 0 aromatic heterocycles. The van der Waals surface area contributed by atoms with E-state index in [1.165, 1.54) is 0 Å². The summed E-state index contributed by atoms with van der Waals surface area (Å²) in [5.74, 6) is 0.109. The second-order valence-electron chi connectivity index (χ2n) is 5.99. The highest BCUT2D eigenvalue weighted by atomic mass is 35.5. The minimum absolute atomic E-state index is 0.109. The molecular weight excluding hydrogens is 338 g/mol. The van der Waals surface area contributed by atoms with Gasteiger partial charge < -0.3 is 10.2 Å². The summed E-state index contributed by atoms with van der Waals surface area (Å²) in [4.78, 5) is 28.4. The number of rotatable bonds is 4. The summed E-state index contributed by atoms with van der Waals surface area (Å²) in [7, 11) is 0. The predicted octanol–water partition coefficient (Wildman–Crippen LogP) is 3.37. The van der Waals surface area contributed by atoms with Crippen LogP contribution in [0.1, 0.15) is 10.4 Å². The lowest BCUT2D eigenvalue weighted by Gasteiger charge is -2.34. The summed E-state index contributed by atoms with van der Waals surface area (Å²) >= 11 is 5.93. The Morgan fingerprint density at radius 3 is 2.36 bits per heavy atom. The number of hydrogen-bond acceptors (Lipinski definition) is 3. The van der Waals surface area contributed by atoms with Gasteiger partial charge in [-0.25, -0.2) is 4.79 Å². The van der Waals surface area contributed by atoms with E-state index in [-0.39, 0.29) is 11.8 Å². The third-order valence-corrected chi connectivity index (χ3v) is 4.43. The molecule has 1 heterocycles. The predicted molar refractivity (Wildman–Crippen MR) is 99.3 cm³/mol. The minimum atomic E-state index is -0.142. The van der Waals surface area contributed by atoms with E-state index in [4.69, 9.17) is 11.6 Å². The molecule has 0 saturated carbocycles. The van der Waals surface area contributed by atoms with Crippen LogP contribution in [0, 0.1) is 0 Å². The van der Waals surface area contributed by atoms with Gasteiger partial charge in [-0.05, 0) is 18.2 Å². The van der Waals surface area contributed by atoms with E-state index >= 15 is 0 Å². The molecule has 0 unspecified atom stereocenters. The highest BCUT2D eigenvalue weighted by Crippen LogP contribution is 2.16. The van der Waals surface area contributed by atoms with Crippen molar-refractivity contribution in [2.24, 2.45) is 0 Å². The smallest absolute Gasteiger partial charge is 0.321 e. The highest BCUT2D eigenvalue weighted by Gasteiger charge is 2.22. The van der Waals surface area contributed by atoms with Crippen LogP contribution in [-0.2, 0) is 0 Å². The molecule has 1 N–H and O–H groups in total. The van der Waals surface area contributed by atoms with Gasteiger partial charge in [0, 0.05) is 42.5 Å². The number of hydrogen-bond donors (Lipinski definition) is 1. The van der Waals surface area contributed by atoms with Crippen LogP contribution in [0.4, 0.5) is 10.5 Å². The first-order valence-corrected chi connectivity index (χ1v) is 8.62. The summed E-state index contributed by atoms with van der Waals surface area (Å²) in [6, 6.07) is 16.2. The Labute approximate surface area is 152 Å². The molecule has 6 heteroatoms. The van der Waals surface area contributed by atoms with E-state index in [1.54, 1.807) is 29.2 Å². The molecule has 1 aliphatic heterocycles. The number of nitrogens with zero attached hydrogens (tertiary/aromatic N) is 2. The summed E-state index contributed by atoms with van der Waals surface area (Å²) in [6.07, 6.45) is 0. The Hall–Kier alpha value is -2.37. The number of ketones is 1. The fraction of sp³-hybridized carbons (Fsp3) is 0.263. The number of anilines is 1. The molecule has 5 nitrogen and oxygen atoms in total. The fourth-order valence-corrected chi connectivity index (χ4v) is 2.99. The van der Waals surface area contributed by atoms with Gasteiger partial charge in [0.15, 0.2) is 5.78 Å². The Balaban J connectivity index is 1.48. The number of piperazine rings is 1. The zero-order valence-corrected chi connectivity index (χ0v) is 14.6. The number of urea groups is 1. The van der Waals surface area contributed by atoms with Crippen LogP contribution in [0.5, 0.6) is 0 Å². The number of amides is 2. The summed E-state index contributed by atoms with van der Waals surface area (Å²) in [5.41, 5.74) is 1.41. The van der Waals surface area contributed by atoms with Crippen molar-refractivity contribution in [1.82, 2.24) is 9.80 Å². The largest absolute Gasteiger partial charge is 0.322 e. The molecule has 3 rings (SSSR count). The molecular formula is C19H20ClN3O2. The number of benzene rings is 2. The molecule has 0 radical (unpaired) electrons. The first-order chi connectivity index (χ1) is 12.1. The van der Waals surface area contributed by atoms with Crippen molar-refractivity contribution < 1.29 is 9.59 Å². The number of Topliss-reactive ketones (excluding diaryl/α,β-unsaturated/α-hetero) is 1. The zero-order chi connectivity index (χ0) is 17.6. The van der Waals surface area contributed by atoms with Crippen LogP contribution < -0.4 is 5.32 Å². The normalized spacial score (nSPS) is 15.0. The second kappa shape index (κ2) is 8.14. The quantitative estimate of drug-likeness (QED) is 0.853. The van der Waals surface area contributed by atoms with Crippen LogP contribution in [0.25, 0.3) is 0 Å². The van der Waals surface area contributed by atoms with Crippen molar-refractivity contribution in [1.29, 1.82) is 0 Å². The van der Waals surface area contributed by atoms with Gasteiger partial charge in [-0.3, -0.25) is 9.69 Å². The van der Waals surface area contributed by atoms with Crippen molar-refractivity contribution >= 4 is 29.1 Å². The van der Waals surface area contributed by atoms with Crippen molar-refractivity contribution in [3.8, 4) is 0 Å². The average Bonchev–Trinajstić information content (AvgIpc) is 2.63. The third-order valence-electron chi connectivity index (χ3n) is 4.20. The Bertz CT molecular complexity index is 743. The van der Waals surface area contributed by atoms with Crippen LogP contribution in [-0.4, -0.2) is 54.3 Å². The first-order valence-electron chi connectivity index (χ1n) is 8.24. The van der Waals surface area contributed by atoms with Crippen molar-refractivity contribution in [3.05, 3.63) is 65.2 Å². The maximum Gasteiger partial charge on any atom is 0.321 e. The minimum Gasteiger partial charge on any atom is -0.322 e. The van der Waals surface area contributed by atoms with Gasteiger partial charge in [-0.2, -0.15) is 0 Å². The molecule has 1 aliphatic rings. The summed E-state index contributed by atoms with van der Waals surface area (Å²) in [6.45, 7) is 2.93. The molecule has 2 aromatic carbocycles. The molecule has 130 valence electrons. The topological polar surface area (TPSA) is 52.7 Å². The van der Waals surface area contributed by atoms with E-state index in [1.807, 2.05) is 30.3 Å². The number of carbonyl (C=O) groups is 2. The number of halogens is 1. The van der Waals surface area contributed by atoms with E-state index in [0.29, 0.717) is 43.4 Å². The lowest BCUT2D eigenvalue weighted by atomic mass is 10.1. The molecule has 25 heavy (non-hydrogen) atoms. The molecule has 0 spiro atoms. The maximum atomic E-state index is 12.3. The summed E-state index contributed by atoms with van der Waals surface area (Å²) in [5, 5.41) is 3.44. The molecule has 1 fully saturated rings. The van der Waals surface area contributed by atoms with Gasteiger partial charge >= 0.3 is 6.03 Å². The van der Waals surface area contributed by atoms with Crippen LogP contribution >= 0.6 is 11.6 Å². The maximum absolute atomic E-state index is 12.3. The molecule has 1 saturated heterocycles. The van der Waals surface area contributed by atoms with Gasteiger partial charge in [0.2, 0.25) is 0 Å². The van der Waals surface area contributed by atoms with Gasteiger partial charge in [0.25, 0.3) is 0 Å². The van der Waals surface area contributed by atoms with Gasteiger partial charge in [-0.1, -0.05) is 48.0 Å². The standard InChI is InChI=1S/C19H20ClN3O2/c20-16-7-4-8-17(13-16)21-19(25)23-11-9-22(10-12-23)14-18(24)15-5-2-1-3-6-15/h1-8,13H,9-12,14H2,(H,21,25). The van der Waals surface area contributed by atoms with E-state index in [2.05, 4.69) is 10.2 Å². The molecule has 2 aromatic rings. The van der Waals surface area contributed by atoms with Crippen molar-refractivity contribution in [3.63, 3.8) is 0 Å². The Morgan fingerprint density at radius 1 is 0.960 bits per heavy atom. The lowest BCUT2D eigenvalue weighted by Crippen LogP contribution is -2.51. The monoisotopic (exact) mass is 357 g/mol. The molecule has 0 atom stereocenters. The number of carbonyl (C=O) groups excluding carboxylic acids is 2. The van der Waals surface area contributed by atoms with Gasteiger partial charge in [-0.15, -0.1) is 0 Å². The average molecular weight is 358 g/mol.